The van der Waals surface area contributed by atoms with Gasteiger partial charge in [0, 0.05) is 0 Å². The first-order chi connectivity index (χ1) is 9.44. The van der Waals surface area contributed by atoms with Crippen LogP contribution in [0.2, 0.25) is 0 Å². The van der Waals surface area contributed by atoms with E-state index in [1.54, 1.807) is 0 Å². The Balaban J connectivity index is 4.10. The van der Waals surface area contributed by atoms with Crippen LogP contribution in [0.25, 0.3) is 0 Å². The second-order valence-electron chi connectivity index (χ2n) is 5.91. The highest BCUT2D eigenvalue weighted by molar-refractivity contribution is 7.70. The molecule has 0 aliphatic carbocycles. The molecule has 0 heterocycles. The zero-order valence-corrected chi connectivity index (χ0v) is 14.8. The second-order valence-corrected chi connectivity index (χ2v) is 9.92. The Morgan fingerprint density at radius 2 is 1.43 bits per heavy atom. The summed E-state index contributed by atoms with van der Waals surface area (Å²) in [7, 11) is -9.52. The van der Waals surface area contributed by atoms with Crippen molar-refractivity contribution < 1.29 is 28.7 Å². The van der Waals surface area contributed by atoms with E-state index < -0.39 is 20.6 Å². The van der Waals surface area contributed by atoms with Crippen LogP contribution in [-0.4, -0.2) is 25.0 Å². The summed E-state index contributed by atoms with van der Waals surface area (Å²) in [5, 5.41) is -1.86. The minimum Gasteiger partial charge on any atom is -0.324 e. The molecule has 6 nitrogen and oxygen atoms in total. The first-order valence-corrected chi connectivity index (χ1v) is 10.5. The molecule has 0 saturated heterocycles. The first-order valence-electron chi connectivity index (χ1n) is 7.18. The molecule has 4 N–H and O–H groups in total. The number of rotatable bonds is 10. The molecule has 126 valence electrons. The molecule has 0 aromatic heterocycles. The van der Waals surface area contributed by atoms with Crippen LogP contribution in [0.5, 0.6) is 0 Å². The van der Waals surface area contributed by atoms with Crippen LogP contribution >= 0.6 is 15.2 Å². The van der Waals surface area contributed by atoms with Gasteiger partial charge in [0.1, 0.15) is 0 Å². The molecule has 0 aromatic carbocycles. The van der Waals surface area contributed by atoms with Crippen LogP contribution in [0.4, 0.5) is 0 Å². The number of unbranched alkanes of at least 4 members (excludes halogenated alkanes) is 1. The minimum absolute atomic E-state index is 0.144. The van der Waals surface area contributed by atoms with Gasteiger partial charge in [-0.1, -0.05) is 37.8 Å². The highest BCUT2D eigenvalue weighted by Gasteiger charge is 2.42. The molecule has 0 rings (SSSR count). The van der Waals surface area contributed by atoms with Crippen molar-refractivity contribution in [2.45, 2.75) is 64.7 Å². The number of hydrogen-bond acceptors (Lipinski definition) is 2. The zero-order valence-electron chi connectivity index (χ0n) is 13.0. The second kappa shape index (κ2) is 9.24. The predicted molar refractivity (Wildman–Crippen MR) is 84.2 cm³/mol. The van der Waals surface area contributed by atoms with E-state index in [4.69, 9.17) is 19.6 Å². The van der Waals surface area contributed by atoms with Gasteiger partial charge in [-0.2, -0.15) is 0 Å². The lowest BCUT2D eigenvalue weighted by atomic mass is 9.98. The van der Waals surface area contributed by atoms with Gasteiger partial charge in [0.05, 0.1) is 0 Å². The maximum atomic E-state index is 11.1. The van der Waals surface area contributed by atoms with Crippen molar-refractivity contribution in [3.8, 4) is 0 Å². The van der Waals surface area contributed by atoms with Crippen molar-refractivity contribution in [2.24, 2.45) is 5.92 Å². The molecule has 0 aliphatic heterocycles. The average molecular weight is 342 g/mol. The summed E-state index contributed by atoms with van der Waals surface area (Å²) in [5.74, 6) is 0.490. The molecule has 0 aliphatic rings. The third-order valence-corrected chi connectivity index (χ3v) is 7.27. The Hall–Kier alpha value is 0.0400. The molecule has 1 atom stereocenters. The third-order valence-electron chi connectivity index (χ3n) is 3.40. The third kappa shape index (κ3) is 10.4. The molecule has 0 fully saturated rings. The fourth-order valence-corrected chi connectivity index (χ4v) is 4.76. The summed E-state index contributed by atoms with van der Waals surface area (Å²) >= 11 is 0. The van der Waals surface area contributed by atoms with Gasteiger partial charge in [0.15, 0.2) is 5.40 Å². The molecule has 0 spiro atoms. The van der Waals surface area contributed by atoms with E-state index in [0.717, 1.165) is 19.3 Å². The maximum absolute atomic E-state index is 11.1. The Kier molecular flexibility index (Phi) is 9.26. The molecular formula is C13H28O6P2. The molecule has 21 heavy (non-hydrogen) atoms. The lowest BCUT2D eigenvalue weighted by molar-refractivity contribution is 0.332. The van der Waals surface area contributed by atoms with Crippen LogP contribution in [0.3, 0.4) is 0 Å². The lowest BCUT2D eigenvalue weighted by Gasteiger charge is -2.19. The largest absolute Gasteiger partial charge is 0.340 e. The standard InChI is InChI=1S/C13H28O6P2/c1-11(2)7-6-9-12(3)8-4-5-10-13(20(14,15)16)21(17,18)19/h7,12-13H,4-6,8-10H2,1-3H3,(H2,14,15,16)(H2,17,18,19)/t12-/m1/s1. The van der Waals surface area contributed by atoms with Gasteiger partial charge < -0.3 is 19.6 Å². The van der Waals surface area contributed by atoms with Gasteiger partial charge in [0.25, 0.3) is 0 Å². The highest BCUT2D eigenvalue weighted by atomic mass is 31.2. The smallest absolute Gasteiger partial charge is 0.324 e. The Bertz CT molecular complexity index is 396. The Labute approximate surface area is 127 Å². The normalized spacial score (nSPS) is 14.3. The number of hydrogen-bond donors (Lipinski definition) is 4. The molecule has 0 amide bonds. The lowest BCUT2D eigenvalue weighted by Crippen LogP contribution is -2.09. The summed E-state index contributed by atoms with van der Waals surface area (Å²) < 4.78 is 22.2. The van der Waals surface area contributed by atoms with E-state index in [9.17, 15) is 9.13 Å². The van der Waals surface area contributed by atoms with E-state index in [-0.39, 0.29) is 6.42 Å². The average Bonchev–Trinajstić information content (AvgIpc) is 2.24. The Morgan fingerprint density at radius 1 is 0.952 bits per heavy atom. The van der Waals surface area contributed by atoms with Gasteiger partial charge in [-0.15, -0.1) is 0 Å². The molecule has 8 heteroatoms. The summed E-state index contributed by atoms with van der Waals surface area (Å²) in [6.45, 7) is 6.21. The van der Waals surface area contributed by atoms with Crippen LogP contribution < -0.4 is 0 Å². The van der Waals surface area contributed by atoms with E-state index in [1.165, 1.54) is 5.57 Å². The molecular weight excluding hydrogens is 314 g/mol. The van der Waals surface area contributed by atoms with Crippen LogP contribution in [0.15, 0.2) is 11.6 Å². The summed E-state index contributed by atoms with van der Waals surface area (Å²) in [5.41, 5.74) is 1.29. The van der Waals surface area contributed by atoms with E-state index >= 15 is 0 Å². The fraction of sp³-hybridized carbons (Fsp3) is 0.846. The van der Waals surface area contributed by atoms with Crippen molar-refractivity contribution in [1.29, 1.82) is 0 Å². The SMILES string of the molecule is CC(C)=CCC[C@H](C)CCCCC(P(=O)(O)O)P(=O)(O)O. The van der Waals surface area contributed by atoms with Crippen LogP contribution in [0.1, 0.15) is 59.3 Å². The van der Waals surface area contributed by atoms with Gasteiger partial charge in [-0.3, -0.25) is 9.13 Å². The Morgan fingerprint density at radius 3 is 1.86 bits per heavy atom. The zero-order chi connectivity index (χ0) is 16.7. The van der Waals surface area contributed by atoms with Crippen molar-refractivity contribution in [1.82, 2.24) is 0 Å². The van der Waals surface area contributed by atoms with E-state index in [0.29, 0.717) is 18.8 Å². The van der Waals surface area contributed by atoms with Crippen LogP contribution in [-0.2, 0) is 9.13 Å². The molecule has 0 bridgehead atoms. The van der Waals surface area contributed by atoms with Gasteiger partial charge in [0.2, 0.25) is 0 Å². The maximum Gasteiger partial charge on any atom is 0.340 e. The topological polar surface area (TPSA) is 115 Å². The van der Waals surface area contributed by atoms with E-state index in [2.05, 4.69) is 26.8 Å². The highest BCUT2D eigenvalue weighted by Crippen LogP contribution is 2.61. The molecule has 0 unspecified atom stereocenters. The van der Waals surface area contributed by atoms with Gasteiger partial charge in [-0.05, 0) is 39.0 Å². The summed E-state index contributed by atoms with van der Waals surface area (Å²) in [6, 6.07) is 0. The number of allylic oxidation sites excluding steroid dienone is 2. The first kappa shape index (κ1) is 21.0. The van der Waals surface area contributed by atoms with Crippen molar-refractivity contribution >= 4 is 15.2 Å². The summed E-state index contributed by atoms with van der Waals surface area (Å²) in [4.78, 5) is 36.0. The monoisotopic (exact) mass is 342 g/mol. The molecule has 0 aromatic rings. The van der Waals surface area contributed by atoms with Crippen molar-refractivity contribution in [2.75, 3.05) is 0 Å². The van der Waals surface area contributed by atoms with E-state index in [1.807, 2.05) is 0 Å². The van der Waals surface area contributed by atoms with Crippen molar-refractivity contribution in [3.05, 3.63) is 11.6 Å². The molecule has 0 saturated carbocycles. The summed E-state index contributed by atoms with van der Waals surface area (Å²) in [6.07, 6.45) is 6.11. The van der Waals surface area contributed by atoms with Crippen LogP contribution in [0, 0.1) is 5.92 Å². The molecule has 0 radical (unpaired) electrons. The van der Waals surface area contributed by atoms with Gasteiger partial charge >= 0.3 is 15.2 Å². The predicted octanol–water partition coefficient (Wildman–Crippen LogP) is 3.61. The van der Waals surface area contributed by atoms with Crippen molar-refractivity contribution in [3.63, 3.8) is 0 Å². The van der Waals surface area contributed by atoms with Gasteiger partial charge in [-0.25, -0.2) is 0 Å². The fourth-order valence-electron chi connectivity index (χ4n) is 2.15. The minimum atomic E-state index is -4.76. The quantitative estimate of drug-likeness (QED) is 0.274.